The summed E-state index contributed by atoms with van der Waals surface area (Å²) in [6, 6.07) is 3.53. The molecule has 0 fully saturated rings. The highest BCUT2D eigenvalue weighted by Crippen LogP contribution is 2.23. The van der Waals surface area contributed by atoms with Crippen molar-refractivity contribution in [1.29, 1.82) is 0 Å². The third kappa shape index (κ3) is 7.52. The van der Waals surface area contributed by atoms with Crippen molar-refractivity contribution in [2.24, 2.45) is 0 Å². The number of aliphatic hydroxyl groups is 1. The minimum atomic E-state index is -1.05. The normalized spacial score (nSPS) is 13.8. The lowest BCUT2D eigenvalue weighted by molar-refractivity contribution is -0.118. The van der Waals surface area contributed by atoms with Crippen molar-refractivity contribution in [2.45, 2.75) is 51.8 Å². The van der Waals surface area contributed by atoms with E-state index >= 15 is 0 Å². The van der Waals surface area contributed by atoms with Crippen LogP contribution in [0.5, 0.6) is 0 Å². The standard InChI is InChI=1S/C19H30FN3O4/c1-12(23(5)6)13-7-8-15(14(20)11-13)21-17(25)16(9-10-24)22-18(26)27-19(2,3)4/h7-8,11-12,16,24H,9-10H2,1-6H3,(H,21,25)(H,22,26)/t12-,16-/m0/s1. The Bertz CT molecular complexity index is 659. The molecule has 0 aliphatic carbocycles. The van der Waals surface area contributed by atoms with Crippen molar-refractivity contribution in [2.75, 3.05) is 26.0 Å². The smallest absolute Gasteiger partial charge is 0.408 e. The van der Waals surface area contributed by atoms with Crippen LogP contribution in [0.3, 0.4) is 0 Å². The maximum atomic E-state index is 14.4. The number of nitrogens with one attached hydrogen (secondary N) is 2. The molecule has 0 spiro atoms. The van der Waals surface area contributed by atoms with Gasteiger partial charge in [0, 0.05) is 12.6 Å². The fourth-order valence-corrected chi connectivity index (χ4v) is 2.26. The second kappa shape index (κ2) is 9.66. The van der Waals surface area contributed by atoms with E-state index < -0.39 is 29.5 Å². The van der Waals surface area contributed by atoms with Gasteiger partial charge in [-0.3, -0.25) is 4.79 Å². The lowest BCUT2D eigenvalue weighted by Gasteiger charge is -2.23. The number of carbonyl (C=O) groups is 2. The Morgan fingerprint density at radius 2 is 1.93 bits per heavy atom. The zero-order valence-corrected chi connectivity index (χ0v) is 16.8. The third-order valence-electron chi connectivity index (χ3n) is 3.93. The predicted molar refractivity (Wildman–Crippen MR) is 102 cm³/mol. The number of alkyl carbamates (subject to hydrolysis) is 1. The van der Waals surface area contributed by atoms with Crippen LogP contribution < -0.4 is 10.6 Å². The summed E-state index contributed by atoms with van der Waals surface area (Å²) in [6.45, 7) is 6.70. The molecule has 152 valence electrons. The van der Waals surface area contributed by atoms with Crippen LogP contribution in [0.4, 0.5) is 14.9 Å². The van der Waals surface area contributed by atoms with E-state index in [0.717, 1.165) is 5.56 Å². The van der Waals surface area contributed by atoms with Gasteiger partial charge in [-0.15, -0.1) is 0 Å². The second-order valence-electron chi connectivity index (χ2n) is 7.58. The fourth-order valence-electron chi connectivity index (χ4n) is 2.26. The van der Waals surface area contributed by atoms with Crippen LogP contribution in [0, 0.1) is 5.82 Å². The summed E-state index contributed by atoms with van der Waals surface area (Å²) in [5.74, 6) is -1.21. The Hall–Kier alpha value is -2.19. The number of nitrogens with zero attached hydrogens (tertiary/aromatic N) is 1. The van der Waals surface area contributed by atoms with E-state index in [-0.39, 0.29) is 24.8 Å². The minimum absolute atomic E-state index is 0.00337. The number of hydrogen-bond acceptors (Lipinski definition) is 5. The Labute approximate surface area is 159 Å². The van der Waals surface area contributed by atoms with Crippen LogP contribution in [-0.2, 0) is 9.53 Å². The molecule has 0 bridgehead atoms. The van der Waals surface area contributed by atoms with Gasteiger partial charge >= 0.3 is 6.09 Å². The van der Waals surface area contributed by atoms with Crippen molar-refractivity contribution in [1.82, 2.24) is 10.2 Å². The molecule has 0 aliphatic rings. The van der Waals surface area contributed by atoms with Gasteiger partial charge in [-0.1, -0.05) is 6.07 Å². The summed E-state index contributed by atoms with van der Waals surface area (Å²) in [4.78, 5) is 26.2. The largest absolute Gasteiger partial charge is 0.444 e. The number of amides is 2. The molecule has 0 saturated carbocycles. The van der Waals surface area contributed by atoms with Crippen LogP contribution in [-0.4, -0.2) is 54.4 Å². The van der Waals surface area contributed by atoms with Crippen LogP contribution in [0.2, 0.25) is 0 Å². The van der Waals surface area contributed by atoms with Crippen molar-refractivity contribution >= 4 is 17.7 Å². The molecule has 1 rings (SSSR count). The highest BCUT2D eigenvalue weighted by Gasteiger charge is 2.25. The van der Waals surface area contributed by atoms with E-state index in [4.69, 9.17) is 9.84 Å². The van der Waals surface area contributed by atoms with E-state index in [2.05, 4.69) is 10.6 Å². The molecule has 2 amide bonds. The topological polar surface area (TPSA) is 90.9 Å². The van der Waals surface area contributed by atoms with Crippen molar-refractivity contribution in [3.8, 4) is 0 Å². The van der Waals surface area contributed by atoms with Crippen LogP contribution in [0.25, 0.3) is 0 Å². The molecule has 27 heavy (non-hydrogen) atoms. The van der Waals surface area contributed by atoms with Crippen LogP contribution in [0.1, 0.15) is 45.7 Å². The first-order valence-corrected chi connectivity index (χ1v) is 8.81. The number of halogens is 1. The first kappa shape index (κ1) is 22.9. The number of ether oxygens (including phenoxy) is 1. The van der Waals surface area contributed by atoms with Crippen LogP contribution in [0.15, 0.2) is 18.2 Å². The number of rotatable bonds is 7. The molecule has 1 aromatic rings. The molecule has 8 heteroatoms. The summed E-state index contributed by atoms with van der Waals surface area (Å²) in [7, 11) is 3.78. The first-order chi connectivity index (χ1) is 12.4. The number of aliphatic hydroxyl groups excluding tert-OH is 1. The van der Waals surface area contributed by atoms with Gasteiger partial charge in [-0.25, -0.2) is 9.18 Å². The molecule has 0 saturated heterocycles. The molecular weight excluding hydrogens is 353 g/mol. The lowest BCUT2D eigenvalue weighted by Crippen LogP contribution is -2.46. The summed E-state index contributed by atoms with van der Waals surface area (Å²) in [5.41, 5.74) is 0.0491. The Balaban J connectivity index is 2.85. The van der Waals surface area contributed by atoms with Gasteiger partial charge in [0.1, 0.15) is 17.5 Å². The fraction of sp³-hybridized carbons (Fsp3) is 0.579. The van der Waals surface area contributed by atoms with Crippen molar-refractivity contribution < 1.29 is 23.8 Å². The SMILES string of the molecule is C[C@@H](c1ccc(NC(=O)[C@H](CCO)NC(=O)OC(C)(C)C)c(F)c1)N(C)C. The Morgan fingerprint density at radius 1 is 1.30 bits per heavy atom. The molecule has 0 heterocycles. The van der Waals surface area contributed by atoms with E-state index in [1.54, 1.807) is 26.8 Å². The summed E-state index contributed by atoms with van der Waals surface area (Å²) >= 11 is 0. The van der Waals surface area contributed by atoms with Gasteiger partial charge < -0.3 is 25.4 Å². The number of carbonyl (C=O) groups excluding carboxylic acids is 2. The quantitative estimate of drug-likeness (QED) is 0.673. The average molecular weight is 383 g/mol. The molecule has 1 aromatic carbocycles. The highest BCUT2D eigenvalue weighted by atomic mass is 19.1. The zero-order chi connectivity index (χ0) is 20.8. The Morgan fingerprint density at radius 3 is 2.41 bits per heavy atom. The second-order valence-corrected chi connectivity index (χ2v) is 7.58. The number of anilines is 1. The summed E-state index contributed by atoms with van der Waals surface area (Å²) in [6.07, 6.45) is -0.811. The minimum Gasteiger partial charge on any atom is -0.444 e. The van der Waals surface area contributed by atoms with E-state index in [0.29, 0.717) is 0 Å². The van der Waals surface area contributed by atoms with Gasteiger partial charge in [0.25, 0.3) is 0 Å². The van der Waals surface area contributed by atoms with Gasteiger partial charge in [0.2, 0.25) is 5.91 Å². The first-order valence-electron chi connectivity index (χ1n) is 8.81. The molecule has 0 aliphatic heterocycles. The molecule has 0 aromatic heterocycles. The van der Waals surface area contributed by atoms with Gasteiger partial charge in [0.05, 0.1) is 5.69 Å². The molecule has 0 unspecified atom stereocenters. The van der Waals surface area contributed by atoms with Crippen LogP contribution >= 0.6 is 0 Å². The summed E-state index contributed by atoms with van der Waals surface area (Å²) < 4.78 is 19.5. The monoisotopic (exact) mass is 383 g/mol. The predicted octanol–water partition coefficient (Wildman–Crippen LogP) is 2.66. The van der Waals surface area contributed by atoms with Gasteiger partial charge in [-0.2, -0.15) is 0 Å². The molecule has 2 atom stereocenters. The van der Waals surface area contributed by atoms with E-state index in [1.807, 2.05) is 25.9 Å². The third-order valence-corrected chi connectivity index (χ3v) is 3.93. The molecular formula is C19H30FN3O4. The lowest BCUT2D eigenvalue weighted by atomic mass is 10.1. The van der Waals surface area contributed by atoms with Crippen molar-refractivity contribution in [3.05, 3.63) is 29.6 Å². The van der Waals surface area contributed by atoms with Crippen molar-refractivity contribution in [3.63, 3.8) is 0 Å². The van der Waals surface area contributed by atoms with Gasteiger partial charge in [0.15, 0.2) is 0 Å². The summed E-state index contributed by atoms with van der Waals surface area (Å²) in [5, 5.41) is 14.0. The average Bonchev–Trinajstić information content (AvgIpc) is 2.53. The van der Waals surface area contributed by atoms with E-state index in [1.165, 1.54) is 12.1 Å². The zero-order valence-electron chi connectivity index (χ0n) is 16.8. The number of hydrogen-bond donors (Lipinski definition) is 3. The van der Waals surface area contributed by atoms with E-state index in [9.17, 15) is 14.0 Å². The maximum absolute atomic E-state index is 14.4. The van der Waals surface area contributed by atoms with Gasteiger partial charge in [-0.05, 0) is 65.9 Å². The molecule has 0 radical (unpaired) electrons. The highest BCUT2D eigenvalue weighted by molar-refractivity contribution is 5.96. The maximum Gasteiger partial charge on any atom is 0.408 e. The Kier molecular flexibility index (Phi) is 8.18. The molecule has 3 N–H and O–H groups in total. The number of benzene rings is 1. The molecule has 7 nitrogen and oxygen atoms in total.